The summed E-state index contributed by atoms with van der Waals surface area (Å²) in [6.45, 7) is 0. The van der Waals surface area contributed by atoms with Gasteiger partial charge in [-0.1, -0.05) is 58.4 Å². The van der Waals surface area contributed by atoms with Gasteiger partial charge in [0.1, 0.15) is 5.75 Å². The number of nitrogens with one attached hydrogen (secondary N) is 1. The Balaban J connectivity index is 1.39. The molecule has 6 heteroatoms. The van der Waals surface area contributed by atoms with E-state index in [4.69, 9.17) is 4.74 Å². The van der Waals surface area contributed by atoms with Crippen LogP contribution in [0.25, 0.3) is 10.8 Å². The Bertz CT molecular complexity index is 1280. The summed E-state index contributed by atoms with van der Waals surface area (Å²) in [6, 6.07) is 27.1. The molecule has 0 aliphatic carbocycles. The molecule has 1 amide bonds. The molecule has 0 saturated carbocycles. The molecule has 0 saturated heterocycles. The number of nitrogens with zero attached hydrogens (tertiary/aromatic N) is 1. The van der Waals surface area contributed by atoms with Crippen LogP contribution in [0, 0.1) is 0 Å². The first kappa shape index (κ1) is 20.5. The summed E-state index contributed by atoms with van der Waals surface area (Å²) in [5, 5.41) is 5.80. The highest BCUT2D eigenvalue weighted by Gasteiger charge is 2.12. The zero-order valence-corrected chi connectivity index (χ0v) is 17.9. The monoisotopic (exact) mass is 472 g/mol. The van der Waals surface area contributed by atoms with Gasteiger partial charge in [-0.15, -0.1) is 0 Å². The molecular weight excluding hydrogens is 456 g/mol. The maximum Gasteiger partial charge on any atom is 0.344 e. The van der Waals surface area contributed by atoms with Gasteiger partial charge in [0.15, 0.2) is 0 Å². The molecule has 0 heterocycles. The van der Waals surface area contributed by atoms with Crippen molar-refractivity contribution in [3.63, 3.8) is 0 Å². The Morgan fingerprint density at radius 2 is 1.61 bits per heavy atom. The van der Waals surface area contributed by atoms with E-state index in [0.717, 1.165) is 20.8 Å². The molecule has 4 aromatic rings. The number of ether oxygens (including phenoxy) is 1. The van der Waals surface area contributed by atoms with Crippen LogP contribution in [-0.2, 0) is 0 Å². The predicted molar refractivity (Wildman–Crippen MR) is 125 cm³/mol. The fraction of sp³-hybridized carbons (Fsp3) is 0. The number of hydrazone groups is 1. The number of benzene rings is 4. The van der Waals surface area contributed by atoms with Gasteiger partial charge in [0.25, 0.3) is 5.91 Å². The molecule has 1 N–H and O–H groups in total. The summed E-state index contributed by atoms with van der Waals surface area (Å²) in [6.07, 6.45) is 1.52. The number of esters is 1. The summed E-state index contributed by atoms with van der Waals surface area (Å²) in [5.41, 5.74) is 4.25. The normalized spacial score (nSPS) is 10.9. The van der Waals surface area contributed by atoms with Crippen LogP contribution in [0.4, 0.5) is 0 Å². The zero-order chi connectivity index (χ0) is 21.6. The van der Waals surface area contributed by atoms with E-state index in [1.54, 1.807) is 48.5 Å². The highest BCUT2D eigenvalue weighted by Crippen LogP contribution is 2.21. The quantitative estimate of drug-likeness (QED) is 0.178. The van der Waals surface area contributed by atoms with Crippen molar-refractivity contribution in [3.8, 4) is 5.75 Å². The SMILES string of the molecule is O=C(N/N=C\c1ccc(OC(=O)c2cccc3ccccc23)cc1)c1cccc(Br)c1. The smallest absolute Gasteiger partial charge is 0.344 e. The maximum atomic E-state index is 12.6. The van der Waals surface area contributed by atoms with Crippen LogP contribution < -0.4 is 10.2 Å². The molecule has 4 rings (SSSR count). The van der Waals surface area contributed by atoms with Crippen molar-refractivity contribution in [1.29, 1.82) is 0 Å². The first-order valence-electron chi connectivity index (χ1n) is 9.49. The molecular formula is C25H17BrN2O3. The van der Waals surface area contributed by atoms with E-state index in [-0.39, 0.29) is 5.91 Å². The summed E-state index contributed by atoms with van der Waals surface area (Å²) in [4.78, 5) is 24.7. The number of carbonyl (C=O) groups excluding carboxylic acids is 2. The van der Waals surface area contributed by atoms with Crippen LogP contribution in [0.2, 0.25) is 0 Å². The third-order valence-corrected chi connectivity index (χ3v) is 5.06. The van der Waals surface area contributed by atoms with E-state index < -0.39 is 5.97 Å². The Hall–Kier alpha value is -3.77. The largest absolute Gasteiger partial charge is 0.423 e. The average Bonchev–Trinajstić information content (AvgIpc) is 2.79. The summed E-state index contributed by atoms with van der Waals surface area (Å²) in [5.74, 6) is -0.300. The van der Waals surface area contributed by atoms with Crippen molar-refractivity contribution in [2.75, 3.05) is 0 Å². The van der Waals surface area contributed by atoms with Crippen LogP contribution in [0.15, 0.2) is 101 Å². The highest BCUT2D eigenvalue weighted by atomic mass is 79.9. The highest BCUT2D eigenvalue weighted by molar-refractivity contribution is 9.10. The van der Waals surface area contributed by atoms with E-state index in [0.29, 0.717) is 16.9 Å². The van der Waals surface area contributed by atoms with Crippen molar-refractivity contribution < 1.29 is 14.3 Å². The number of rotatable bonds is 5. The maximum absolute atomic E-state index is 12.6. The molecule has 0 unspecified atom stereocenters. The minimum Gasteiger partial charge on any atom is -0.423 e. The third kappa shape index (κ3) is 5.05. The minimum absolute atomic E-state index is 0.307. The molecule has 0 bridgehead atoms. The number of hydrogen-bond donors (Lipinski definition) is 1. The van der Waals surface area contributed by atoms with Crippen LogP contribution in [0.3, 0.4) is 0 Å². The van der Waals surface area contributed by atoms with Crippen molar-refractivity contribution >= 4 is 44.8 Å². The first-order valence-corrected chi connectivity index (χ1v) is 10.3. The lowest BCUT2D eigenvalue weighted by Gasteiger charge is -2.07. The fourth-order valence-electron chi connectivity index (χ4n) is 3.05. The number of amides is 1. The van der Waals surface area contributed by atoms with Gasteiger partial charge >= 0.3 is 5.97 Å². The molecule has 0 fully saturated rings. The molecule has 0 aromatic heterocycles. The van der Waals surface area contributed by atoms with Crippen molar-refractivity contribution in [1.82, 2.24) is 5.43 Å². The molecule has 0 radical (unpaired) electrons. The minimum atomic E-state index is -0.417. The fourth-order valence-corrected chi connectivity index (χ4v) is 3.45. The second kappa shape index (κ2) is 9.36. The summed E-state index contributed by atoms with van der Waals surface area (Å²) >= 11 is 3.33. The molecule has 31 heavy (non-hydrogen) atoms. The van der Waals surface area contributed by atoms with Gasteiger partial charge in [0, 0.05) is 10.0 Å². The van der Waals surface area contributed by atoms with Gasteiger partial charge < -0.3 is 4.74 Å². The van der Waals surface area contributed by atoms with Crippen LogP contribution in [-0.4, -0.2) is 18.1 Å². The number of halogens is 1. The molecule has 0 aliphatic rings. The van der Waals surface area contributed by atoms with E-state index in [9.17, 15) is 9.59 Å². The lowest BCUT2D eigenvalue weighted by atomic mass is 10.0. The van der Waals surface area contributed by atoms with E-state index in [2.05, 4.69) is 26.5 Å². The van der Waals surface area contributed by atoms with E-state index in [1.807, 2.05) is 42.5 Å². The van der Waals surface area contributed by atoms with Gasteiger partial charge in [-0.2, -0.15) is 5.10 Å². The molecule has 0 atom stereocenters. The van der Waals surface area contributed by atoms with Crippen LogP contribution in [0.1, 0.15) is 26.3 Å². The molecule has 0 aliphatic heterocycles. The van der Waals surface area contributed by atoms with Crippen LogP contribution in [0.5, 0.6) is 5.75 Å². The first-order chi connectivity index (χ1) is 15.1. The Kier molecular flexibility index (Phi) is 6.19. The van der Waals surface area contributed by atoms with Crippen molar-refractivity contribution in [2.45, 2.75) is 0 Å². The average molecular weight is 473 g/mol. The molecule has 4 aromatic carbocycles. The third-order valence-electron chi connectivity index (χ3n) is 4.57. The van der Waals surface area contributed by atoms with Gasteiger partial charge in [0.05, 0.1) is 11.8 Å². The van der Waals surface area contributed by atoms with Gasteiger partial charge in [-0.3, -0.25) is 4.79 Å². The Morgan fingerprint density at radius 3 is 2.42 bits per heavy atom. The molecule has 0 spiro atoms. The molecule has 5 nitrogen and oxygen atoms in total. The summed E-state index contributed by atoms with van der Waals surface area (Å²) < 4.78 is 6.34. The zero-order valence-electron chi connectivity index (χ0n) is 16.3. The Labute approximate surface area is 187 Å². The predicted octanol–water partition coefficient (Wildman–Crippen LogP) is 5.59. The van der Waals surface area contributed by atoms with Crippen molar-refractivity contribution in [3.05, 3.63) is 112 Å². The van der Waals surface area contributed by atoms with E-state index in [1.165, 1.54) is 6.21 Å². The van der Waals surface area contributed by atoms with Gasteiger partial charge in [-0.05, 0) is 64.9 Å². The topological polar surface area (TPSA) is 67.8 Å². The Morgan fingerprint density at radius 1 is 0.871 bits per heavy atom. The van der Waals surface area contributed by atoms with Crippen LogP contribution >= 0.6 is 15.9 Å². The van der Waals surface area contributed by atoms with Crippen molar-refractivity contribution in [2.24, 2.45) is 5.10 Å². The standard InChI is InChI=1S/C25H17BrN2O3/c26-20-8-3-7-19(15-20)24(29)28-27-16-17-11-13-21(14-12-17)31-25(30)23-10-4-6-18-5-1-2-9-22(18)23/h1-16H,(H,28,29)/b27-16-. The second-order valence-corrected chi connectivity index (χ2v) is 7.61. The lowest BCUT2D eigenvalue weighted by molar-refractivity contribution is 0.0736. The van der Waals surface area contributed by atoms with Gasteiger partial charge in [0.2, 0.25) is 0 Å². The summed E-state index contributed by atoms with van der Waals surface area (Å²) in [7, 11) is 0. The number of fused-ring (bicyclic) bond motifs is 1. The van der Waals surface area contributed by atoms with E-state index >= 15 is 0 Å². The van der Waals surface area contributed by atoms with Gasteiger partial charge in [-0.25, -0.2) is 10.2 Å². The molecule has 152 valence electrons. The lowest BCUT2D eigenvalue weighted by Crippen LogP contribution is -2.17. The number of carbonyl (C=O) groups is 2. The second-order valence-electron chi connectivity index (χ2n) is 6.69. The number of hydrogen-bond acceptors (Lipinski definition) is 4.